The van der Waals surface area contributed by atoms with Crippen LogP contribution in [-0.2, 0) is 4.79 Å². The van der Waals surface area contributed by atoms with E-state index in [-0.39, 0.29) is 5.75 Å². The molecule has 0 radical (unpaired) electrons. The molecule has 1 N–H and O–H groups in total. The van der Waals surface area contributed by atoms with E-state index in [1.165, 1.54) is 23.5 Å². The second-order valence-corrected chi connectivity index (χ2v) is 6.77. The molecule has 0 aliphatic rings. The smallest absolute Gasteiger partial charge is 0.267 e. The Hall–Kier alpha value is -2.51. The summed E-state index contributed by atoms with van der Waals surface area (Å²) in [4.78, 5) is 12.4. The van der Waals surface area contributed by atoms with Crippen molar-refractivity contribution < 1.29 is 13.9 Å². The van der Waals surface area contributed by atoms with E-state index in [0.717, 1.165) is 5.56 Å². The molecule has 1 heterocycles. The number of anilines is 1. The van der Waals surface area contributed by atoms with Crippen LogP contribution in [0.3, 0.4) is 0 Å². The van der Waals surface area contributed by atoms with Crippen molar-refractivity contribution in [3.05, 3.63) is 59.4 Å². The van der Waals surface area contributed by atoms with E-state index in [0.29, 0.717) is 21.6 Å². The van der Waals surface area contributed by atoms with E-state index < -0.39 is 17.8 Å². The molecule has 1 atom stereocenters. The van der Waals surface area contributed by atoms with E-state index >= 15 is 0 Å². The molecule has 0 fully saturated rings. The molecule has 0 spiro atoms. The summed E-state index contributed by atoms with van der Waals surface area (Å²) in [5.74, 6) is -0.886. The van der Waals surface area contributed by atoms with Gasteiger partial charge in [0.05, 0.1) is 0 Å². The zero-order valence-corrected chi connectivity index (χ0v) is 15.4. The van der Waals surface area contributed by atoms with E-state index in [2.05, 4.69) is 15.5 Å². The third kappa shape index (κ3) is 4.36. The zero-order valence-electron chi connectivity index (χ0n) is 13.8. The minimum Gasteiger partial charge on any atom is -0.478 e. The van der Waals surface area contributed by atoms with Crippen LogP contribution < -0.4 is 10.1 Å². The Morgan fingerprint density at radius 1 is 1.23 bits per heavy atom. The Labute approximate surface area is 158 Å². The standard InChI is InChI=1S/C18H15ClFN3O2S/c1-2-14(25-15-6-4-3-5-13(15)20)16(24)21-18-23-22-17(26-18)11-7-9-12(19)10-8-11/h3-10,14H,2H2,1H3,(H,21,23,24). The molecule has 0 saturated carbocycles. The number of carbonyl (C=O) groups excluding carboxylic acids is 1. The van der Waals surface area contributed by atoms with Gasteiger partial charge in [-0.1, -0.05) is 54.1 Å². The van der Waals surface area contributed by atoms with Gasteiger partial charge in [0.25, 0.3) is 5.91 Å². The second-order valence-electron chi connectivity index (χ2n) is 5.35. The first kappa shape index (κ1) is 18.3. The van der Waals surface area contributed by atoms with Crippen molar-refractivity contribution in [1.29, 1.82) is 0 Å². The SMILES string of the molecule is CCC(Oc1ccccc1F)C(=O)Nc1nnc(-c2ccc(Cl)cc2)s1. The summed E-state index contributed by atoms with van der Waals surface area (Å²) in [5.41, 5.74) is 0.849. The number of hydrogen-bond acceptors (Lipinski definition) is 5. The zero-order chi connectivity index (χ0) is 18.5. The molecule has 0 bridgehead atoms. The van der Waals surface area contributed by atoms with Crippen LogP contribution in [0.25, 0.3) is 10.6 Å². The molecule has 2 aromatic carbocycles. The number of hydrogen-bond donors (Lipinski definition) is 1. The number of amides is 1. The number of para-hydroxylation sites is 1. The molecule has 26 heavy (non-hydrogen) atoms. The molecular formula is C18H15ClFN3O2S. The third-order valence-electron chi connectivity index (χ3n) is 3.52. The van der Waals surface area contributed by atoms with Gasteiger partial charge in [-0.3, -0.25) is 10.1 Å². The second kappa shape index (κ2) is 8.25. The largest absolute Gasteiger partial charge is 0.478 e. The molecule has 3 aromatic rings. The minimum atomic E-state index is -0.838. The molecule has 3 rings (SSSR count). The highest BCUT2D eigenvalue weighted by Crippen LogP contribution is 2.27. The molecule has 5 nitrogen and oxygen atoms in total. The summed E-state index contributed by atoms with van der Waals surface area (Å²) >= 11 is 7.10. The molecule has 1 amide bonds. The van der Waals surface area contributed by atoms with Gasteiger partial charge in [-0.05, 0) is 30.7 Å². The maximum Gasteiger partial charge on any atom is 0.267 e. The first-order valence-electron chi connectivity index (χ1n) is 7.88. The van der Waals surface area contributed by atoms with Crippen molar-refractivity contribution >= 4 is 34.0 Å². The Bertz CT molecular complexity index is 901. The van der Waals surface area contributed by atoms with Gasteiger partial charge in [0.2, 0.25) is 5.13 Å². The van der Waals surface area contributed by atoms with E-state index in [4.69, 9.17) is 16.3 Å². The predicted molar refractivity (Wildman–Crippen MR) is 100 cm³/mol. The normalized spacial score (nSPS) is 11.8. The van der Waals surface area contributed by atoms with Crippen molar-refractivity contribution in [2.24, 2.45) is 0 Å². The Morgan fingerprint density at radius 3 is 2.65 bits per heavy atom. The number of aromatic nitrogens is 2. The maximum atomic E-state index is 13.7. The first-order valence-corrected chi connectivity index (χ1v) is 9.07. The lowest BCUT2D eigenvalue weighted by Crippen LogP contribution is -2.32. The van der Waals surface area contributed by atoms with Crippen LogP contribution in [0.1, 0.15) is 13.3 Å². The van der Waals surface area contributed by atoms with Gasteiger partial charge in [-0.25, -0.2) is 4.39 Å². The number of carbonyl (C=O) groups is 1. The first-order chi connectivity index (χ1) is 12.6. The van der Waals surface area contributed by atoms with Crippen LogP contribution in [0.4, 0.5) is 9.52 Å². The van der Waals surface area contributed by atoms with Gasteiger partial charge < -0.3 is 4.74 Å². The van der Waals surface area contributed by atoms with Crippen LogP contribution in [0, 0.1) is 5.82 Å². The number of nitrogens with zero attached hydrogens (tertiary/aromatic N) is 2. The van der Waals surface area contributed by atoms with E-state index in [9.17, 15) is 9.18 Å². The summed E-state index contributed by atoms with van der Waals surface area (Å²) in [5, 5.41) is 12.3. The Kier molecular flexibility index (Phi) is 5.80. The monoisotopic (exact) mass is 391 g/mol. The topological polar surface area (TPSA) is 64.1 Å². The molecule has 8 heteroatoms. The van der Waals surface area contributed by atoms with E-state index in [1.54, 1.807) is 31.2 Å². The predicted octanol–water partition coefficient (Wildman–Crippen LogP) is 4.79. The fraction of sp³-hybridized carbons (Fsp3) is 0.167. The van der Waals surface area contributed by atoms with Gasteiger partial charge in [0.15, 0.2) is 17.7 Å². The molecule has 1 aromatic heterocycles. The summed E-state index contributed by atoms with van der Waals surface area (Å²) in [7, 11) is 0. The van der Waals surface area contributed by atoms with Crippen LogP contribution >= 0.6 is 22.9 Å². The third-order valence-corrected chi connectivity index (χ3v) is 4.66. The van der Waals surface area contributed by atoms with E-state index in [1.807, 2.05) is 12.1 Å². The molecule has 0 saturated heterocycles. The van der Waals surface area contributed by atoms with Gasteiger partial charge in [-0.2, -0.15) is 0 Å². The quantitative estimate of drug-likeness (QED) is 0.655. The number of ether oxygens (including phenoxy) is 1. The van der Waals surface area contributed by atoms with Gasteiger partial charge >= 0.3 is 0 Å². The average Bonchev–Trinajstić information content (AvgIpc) is 3.10. The fourth-order valence-electron chi connectivity index (χ4n) is 2.18. The molecule has 0 aliphatic carbocycles. The summed E-state index contributed by atoms with van der Waals surface area (Å²) in [6.07, 6.45) is -0.460. The number of halogens is 2. The lowest BCUT2D eigenvalue weighted by Gasteiger charge is -2.16. The number of benzene rings is 2. The van der Waals surface area contributed by atoms with Gasteiger partial charge in [0, 0.05) is 10.6 Å². The Morgan fingerprint density at radius 2 is 1.96 bits per heavy atom. The fourth-order valence-corrected chi connectivity index (χ4v) is 3.06. The molecule has 134 valence electrons. The van der Waals surface area contributed by atoms with Crippen LogP contribution in [0.2, 0.25) is 5.02 Å². The number of nitrogens with one attached hydrogen (secondary N) is 1. The average molecular weight is 392 g/mol. The molecular weight excluding hydrogens is 377 g/mol. The van der Waals surface area contributed by atoms with Gasteiger partial charge in [0.1, 0.15) is 5.01 Å². The van der Waals surface area contributed by atoms with Crippen LogP contribution in [-0.4, -0.2) is 22.2 Å². The highest BCUT2D eigenvalue weighted by Gasteiger charge is 2.21. The molecule has 1 unspecified atom stereocenters. The number of rotatable bonds is 6. The highest BCUT2D eigenvalue weighted by molar-refractivity contribution is 7.18. The van der Waals surface area contributed by atoms with Crippen molar-refractivity contribution in [1.82, 2.24) is 10.2 Å². The lowest BCUT2D eigenvalue weighted by atomic mass is 10.2. The Balaban J connectivity index is 1.68. The van der Waals surface area contributed by atoms with Crippen LogP contribution in [0.5, 0.6) is 5.75 Å². The summed E-state index contributed by atoms with van der Waals surface area (Å²) < 4.78 is 19.2. The van der Waals surface area contributed by atoms with Gasteiger partial charge in [-0.15, -0.1) is 10.2 Å². The van der Waals surface area contributed by atoms with Crippen LogP contribution in [0.15, 0.2) is 48.5 Å². The minimum absolute atomic E-state index is 0.0358. The van der Waals surface area contributed by atoms with Crippen molar-refractivity contribution in [3.8, 4) is 16.3 Å². The lowest BCUT2D eigenvalue weighted by molar-refractivity contribution is -0.122. The highest BCUT2D eigenvalue weighted by atomic mass is 35.5. The maximum absolute atomic E-state index is 13.7. The van der Waals surface area contributed by atoms with Crippen molar-refractivity contribution in [3.63, 3.8) is 0 Å². The summed E-state index contributed by atoms with van der Waals surface area (Å²) in [6.45, 7) is 1.78. The molecule has 0 aliphatic heterocycles. The summed E-state index contributed by atoms with van der Waals surface area (Å²) in [6, 6.07) is 13.1. The van der Waals surface area contributed by atoms with Crippen molar-refractivity contribution in [2.45, 2.75) is 19.4 Å². The van der Waals surface area contributed by atoms with Crippen molar-refractivity contribution in [2.75, 3.05) is 5.32 Å².